The third kappa shape index (κ3) is 1.86. The molecule has 1 N–H and O–H groups in total. The zero-order chi connectivity index (χ0) is 11.1. The highest BCUT2D eigenvalue weighted by molar-refractivity contribution is 6.30. The quantitative estimate of drug-likeness (QED) is 0.831. The van der Waals surface area contributed by atoms with E-state index in [1.807, 2.05) is 0 Å². The molecular weight excluding hydrogens is 222 g/mol. The van der Waals surface area contributed by atoms with E-state index >= 15 is 0 Å². The molecule has 0 radical (unpaired) electrons. The van der Waals surface area contributed by atoms with Gasteiger partial charge >= 0.3 is 0 Å². The van der Waals surface area contributed by atoms with E-state index in [2.05, 4.69) is 0 Å². The number of aliphatic hydroxyl groups is 1. The minimum absolute atomic E-state index is 0.246. The Morgan fingerprint density at radius 3 is 2.13 bits per heavy atom. The van der Waals surface area contributed by atoms with E-state index in [0.717, 1.165) is 5.56 Å². The van der Waals surface area contributed by atoms with Crippen molar-refractivity contribution in [3.63, 3.8) is 0 Å². The average molecular weight is 233 g/mol. The molecule has 1 saturated carbocycles. The SMILES string of the molecule is OCC1(c2ccc(Cl)cc2)CC(F)(F)C1. The smallest absolute Gasteiger partial charge is 0.250 e. The molecule has 1 nitrogen and oxygen atoms in total. The first-order valence-corrected chi connectivity index (χ1v) is 5.10. The summed E-state index contributed by atoms with van der Waals surface area (Å²) in [7, 11) is 0. The number of hydrogen-bond donors (Lipinski definition) is 1. The van der Waals surface area contributed by atoms with Gasteiger partial charge in [-0.25, -0.2) is 8.78 Å². The van der Waals surface area contributed by atoms with E-state index in [1.165, 1.54) is 0 Å². The molecule has 82 valence electrons. The molecule has 0 heterocycles. The van der Waals surface area contributed by atoms with E-state index in [-0.39, 0.29) is 19.4 Å². The number of rotatable bonds is 2. The van der Waals surface area contributed by atoms with Crippen LogP contribution in [-0.4, -0.2) is 17.6 Å². The highest BCUT2D eigenvalue weighted by Gasteiger charge is 2.56. The summed E-state index contributed by atoms with van der Waals surface area (Å²) in [6, 6.07) is 6.72. The Morgan fingerprint density at radius 2 is 1.73 bits per heavy atom. The van der Waals surface area contributed by atoms with Crippen LogP contribution in [0.15, 0.2) is 24.3 Å². The van der Waals surface area contributed by atoms with Crippen LogP contribution in [0, 0.1) is 0 Å². The highest BCUT2D eigenvalue weighted by atomic mass is 35.5. The van der Waals surface area contributed by atoms with Gasteiger partial charge in [-0.3, -0.25) is 0 Å². The van der Waals surface area contributed by atoms with Crippen molar-refractivity contribution in [3.8, 4) is 0 Å². The summed E-state index contributed by atoms with van der Waals surface area (Å²) >= 11 is 5.71. The van der Waals surface area contributed by atoms with E-state index in [9.17, 15) is 13.9 Å². The van der Waals surface area contributed by atoms with Crippen LogP contribution < -0.4 is 0 Å². The molecular formula is C11H11ClF2O. The van der Waals surface area contributed by atoms with Crippen molar-refractivity contribution < 1.29 is 13.9 Å². The average Bonchev–Trinajstić information content (AvgIpc) is 2.14. The van der Waals surface area contributed by atoms with Gasteiger partial charge in [0.1, 0.15) is 0 Å². The van der Waals surface area contributed by atoms with Crippen molar-refractivity contribution in [2.45, 2.75) is 24.2 Å². The van der Waals surface area contributed by atoms with Crippen LogP contribution in [0.5, 0.6) is 0 Å². The van der Waals surface area contributed by atoms with Gasteiger partial charge < -0.3 is 5.11 Å². The molecule has 15 heavy (non-hydrogen) atoms. The third-order valence-electron chi connectivity index (χ3n) is 2.95. The maximum atomic E-state index is 12.8. The standard InChI is InChI=1S/C11H11ClF2O/c12-9-3-1-8(2-4-9)10(7-15)5-11(13,14)6-10/h1-4,15H,5-7H2. The highest BCUT2D eigenvalue weighted by Crippen LogP contribution is 2.53. The second kappa shape index (κ2) is 3.42. The maximum absolute atomic E-state index is 12.8. The fourth-order valence-corrected chi connectivity index (χ4v) is 2.28. The predicted molar refractivity (Wildman–Crippen MR) is 54.4 cm³/mol. The fourth-order valence-electron chi connectivity index (χ4n) is 2.15. The summed E-state index contributed by atoms with van der Waals surface area (Å²) < 4.78 is 25.7. The van der Waals surface area contributed by atoms with Crippen molar-refractivity contribution in [1.29, 1.82) is 0 Å². The first-order chi connectivity index (χ1) is 6.97. The van der Waals surface area contributed by atoms with Gasteiger partial charge in [0, 0.05) is 23.3 Å². The topological polar surface area (TPSA) is 20.2 Å². The molecule has 1 aromatic rings. The number of aliphatic hydroxyl groups excluding tert-OH is 1. The van der Waals surface area contributed by atoms with Crippen molar-refractivity contribution in [3.05, 3.63) is 34.9 Å². The molecule has 1 fully saturated rings. The van der Waals surface area contributed by atoms with Crippen LogP contribution in [-0.2, 0) is 5.41 Å². The zero-order valence-electron chi connectivity index (χ0n) is 8.01. The Balaban J connectivity index is 2.25. The maximum Gasteiger partial charge on any atom is 0.250 e. The van der Waals surface area contributed by atoms with Crippen LogP contribution >= 0.6 is 11.6 Å². The predicted octanol–water partition coefficient (Wildman–Crippen LogP) is 3.00. The van der Waals surface area contributed by atoms with Gasteiger partial charge in [-0.15, -0.1) is 0 Å². The number of alkyl halides is 2. The molecule has 0 aliphatic heterocycles. The molecule has 1 aliphatic rings. The van der Waals surface area contributed by atoms with Crippen LogP contribution in [0.25, 0.3) is 0 Å². The molecule has 0 unspecified atom stereocenters. The van der Waals surface area contributed by atoms with Gasteiger partial charge in [0.2, 0.25) is 5.92 Å². The van der Waals surface area contributed by atoms with E-state index in [1.54, 1.807) is 24.3 Å². The summed E-state index contributed by atoms with van der Waals surface area (Å²) in [5, 5.41) is 9.79. The third-order valence-corrected chi connectivity index (χ3v) is 3.21. The molecule has 0 bridgehead atoms. The zero-order valence-corrected chi connectivity index (χ0v) is 8.77. The molecule has 1 aromatic carbocycles. The van der Waals surface area contributed by atoms with Gasteiger partial charge in [-0.1, -0.05) is 23.7 Å². The summed E-state index contributed by atoms with van der Waals surface area (Å²) in [6.45, 7) is -0.246. The van der Waals surface area contributed by atoms with Crippen LogP contribution in [0.1, 0.15) is 18.4 Å². The molecule has 0 saturated heterocycles. The number of benzene rings is 1. The van der Waals surface area contributed by atoms with E-state index in [4.69, 9.17) is 11.6 Å². The molecule has 2 rings (SSSR count). The summed E-state index contributed by atoms with van der Waals surface area (Å²) in [5.74, 6) is -2.64. The normalized spacial score (nSPS) is 22.1. The Bertz CT molecular complexity index is 353. The van der Waals surface area contributed by atoms with Crippen LogP contribution in [0.2, 0.25) is 5.02 Å². The van der Waals surface area contributed by atoms with Gasteiger partial charge in [-0.05, 0) is 17.7 Å². The van der Waals surface area contributed by atoms with Gasteiger partial charge in [-0.2, -0.15) is 0 Å². The van der Waals surface area contributed by atoms with Crippen molar-refractivity contribution in [1.82, 2.24) is 0 Å². The minimum Gasteiger partial charge on any atom is -0.395 e. The van der Waals surface area contributed by atoms with Gasteiger partial charge in [0.25, 0.3) is 0 Å². The Kier molecular flexibility index (Phi) is 2.47. The van der Waals surface area contributed by atoms with Crippen molar-refractivity contribution in [2.75, 3.05) is 6.61 Å². The monoisotopic (exact) mass is 232 g/mol. The Labute approximate surface area is 91.7 Å². The first kappa shape index (κ1) is 10.8. The van der Waals surface area contributed by atoms with E-state index in [0.29, 0.717) is 5.02 Å². The summed E-state index contributed by atoms with van der Waals surface area (Å²) in [4.78, 5) is 0. The lowest BCUT2D eigenvalue weighted by atomic mass is 9.62. The Hall–Kier alpha value is -0.670. The van der Waals surface area contributed by atoms with Crippen LogP contribution in [0.3, 0.4) is 0 Å². The molecule has 1 aliphatic carbocycles. The molecule has 4 heteroatoms. The van der Waals surface area contributed by atoms with Gasteiger partial charge in [0.15, 0.2) is 0 Å². The first-order valence-electron chi connectivity index (χ1n) is 4.72. The molecule has 0 spiro atoms. The van der Waals surface area contributed by atoms with Crippen molar-refractivity contribution in [2.24, 2.45) is 0 Å². The molecule has 0 amide bonds. The van der Waals surface area contributed by atoms with Crippen LogP contribution in [0.4, 0.5) is 8.78 Å². The van der Waals surface area contributed by atoms with Crippen molar-refractivity contribution >= 4 is 11.6 Å². The molecule has 0 atom stereocenters. The number of hydrogen-bond acceptors (Lipinski definition) is 1. The Morgan fingerprint density at radius 1 is 1.20 bits per heavy atom. The second-order valence-corrected chi connectivity index (χ2v) is 4.59. The minimum atomic E-state index is -2.64. The lowest BCUT2D eigenvalue weighted by molar-refractivity contribution is -0.139. The summed E-state index contributed by atoms with van der Waals surface area (Å²) in [5.41, 5.74) is -0.0333. The van der Waals surface area contributed by atoms with E-state index < -0.39 is 11.3 Å². The summed E-state index contributed by atoms with van der Waals surface area (Å²) in [6.07, 6.45) is -0.559. The fraction of sp³-hybridized carbons (Fsp3) is 0.455. The number of halogens is 3. The largest absolute Gasteiger partial charge is 0.395 e. The molecule has 0 aromatic heterocycles. The second-order valence-electron chi connectivity index (χ2n) is 4.15. The van der Waals surface area contributed by atoms with Gasteiger partial charge in [0.05, 0.1) is 6.61 Å². The lowest BCUT2D eigenvalue weighted by Crippen LogP contribution is -2.51. The lowest BCUT2D eigenvalue weighted by Gasteiger charge is -2.46.